The highest BCUT2D eigenvalue weighted by Crippen LogP contribution is 2.08. The SMILES string of the molecule is CCCC(O)CNCCNC(=O)C(CCC/C=C/C(C)CC)OC. The molecule has 0 saturated carbocycles. The van der Waals surface area contributed by atoms with Crippen molar-refractivity contribution in [3.05, 3.63) is 12.2 Å². The summed E-state index contributed by atoms with van der Waals surface area (Å²) in [5.74, 6) is 0.564. The molecule has 0 rings (SSSR count). The van der Waals surface area contributed by atoms with Crippen molar-refractivity contribution in [2.75, 3.05) is 26.7 Å². The number of carbonyl (C=O) groups is 1. The van der Waals surface area contributed by atoms with Gasteiger partial charge in [-0.25, -0.2) is 0 Å². The van der Waals surface area contributed by atoms with Gasteiger partial charge in [0.15, 0.2) is 0 Å². The number of carbonyl (C=O) groups excluding carboxylic acids is 1. The van der Waals surface area contributed by atoms with Crippen molar-refractivity contribution >= 4 is 5.91 Å². The lowest BCUT2D eigenvalue weighted by molar-refractivity contribution is -0.131. The summed E-state index contributed by atoms with van der Waals surface area (Å²) in [6.45, 7) is 8.21. The van der Waals surface area contributed by atoms with Crippen molar-refractivity contribution in [1.82, 2.24) is 10.6 Å². The maximum Gasteiger partial charge on any atom is 0.249 e. The van der Waals surface area contributed by atoms with Crippen molar-refractivity contribution in [3.8, 4) is 0 Å². The minimum absolute atomic E-state index is 0.0562. The first-order valence-corrected chi connectivity index (χ1v) is 9.41. The van der Waals surface area contributed by atoms with Crippen LogP contribution in [0.25, 0.3) is 0 Å². The summed E-state index contributed by atoms with van der Waals surface area (Å²) in [4.78, 5) is 12.1. The number of nitrogens with one attached hydrogen (secondary N) is 2. The molecule has 3 N–H and O–H groups in total. The van der Waals surface area contributed by atoms with E-state index in [4.69, 9.17) is 4.74 Å². The normalized spacial score (nSPS) is 15.4. The van der Waals surface area contributed by atoms with Crippen LogP contribution in [0.15, 0.2) is 12.2 Å². The number of ether oxygens (including phenoxy) is 1. The molecule has 0 aromatic carbocycles. The zero-order valence-corrected chi connectivity index (χ0v) is 16.0. The second-order valence-electron chi connectivity index (χ2n) is 6.41. The van der Waals surface area contributed by atoms with Gasteiger partial charge in [-0.3, -0.25) is 4.79 Å². The van der Waals surface area contributed by atoms with Crippen molar-refractivity contribution < 1.29 is 14.6 Å². The molecule has 0 aromatic rings. The zero-order chi connectivity index (χ0) is 18.2. The second-order valence-corrected chi connectivity index (χ2v) is 6.41. The molecular formula is C19H38N2O3. The molecule has 24 heavy (non-hydrogen) atoms. The molecule has 3 unspecified atom stereocenters. The van der Waals surface area contributed by atoms with Gasteiger partial charge in [0, 0.05) is 26.7 Å². The third kappa shape index (κ3) is 12.5. The van der Waals surface area contributed by atoms with Crippen LogP contribution in [-0.4, -0.2) is 50.0 Å². The highest BCUT2D eigenvalue weighted by molar-refractivity contribution is 5.80. The number of hydrogen-bond donors (Lipinski definition) is 3. The summed E-state index contributed by atoms with van der Waals surface area (Å²) in [6, 6.07) is 0. The Morgan fingerprint density at radius 1 is 1.25 bits per heavy atom. The molecule has 0 radical (unpaired) electrons. The van der Waals surface area contributed by atoms with Gasteiger partial charge < -0.3 is 20.5 Å². The van der Waals surface area contributed by atoms with Gasteiger partial charge in [-0.05, 0) is 31.6 Å². The van der Waals surface area contributed by atoms with E-state index in [0.29, 0.717) is 25.6 Å². The quantitative estimate of drug-likeness (QED) is 0.316. The second kappa shape index (κ2) is 15.6. The summed E-state index contributed by atoms with van der Waals surface area (Å²) in [5.41, 5.74) is 0. The Balaban J connectivity index is 3.79. The predicted molar refractivity (Wildman–Crippen MR) is 100 cm³/mol. The van der Waals surface area contributed by atoms with E-state index in [1.165, 1.54) is 0 Å². The third-order valence-corrected chi connectivity index (χ3v) is 4.13. The van der Waals surface area contributed by atoms with E-state index in [1.54, 1.807) is 7.11 Å². The molecule has 0 spiro atoms. The molecule has 0 heterocycles. The summed E-state index contributed by atoms with van der Waals surface area (Å²) in [5, 5.41) is 15.6. The van der Waals surface area contributed by atoms with Crippen LogP contribution in [0.1, 0.15) is 59.3 Å². The van der Waals surface area contributed by atoms with E-state index in [9.17, 15) is 9.90 Å². The standard InChI is InChI=1S/C19H38N2O3/c1-5-10-17(22)15-20-13-14-21-19(23)18(24-4)12-9-7-8-11-16(3)6-2/h8,11,16-18,20,22H,5-7,9-10,12-15H2,1-4H3,(H,21,23)/b11-8+. The van der Waals surface area contributed by atoms with E-state index in [2.05, 4.69) is 43.6 Å². The topological polar surface area (TPSA) is 70.6 Å². The molecule has 0 aliphatic rings. The smallest absolute Gasteiger partial charge is 0.249 e. The average molecular weight is 343 g/mol. The van der Waals surface area contributed by atoms with Crippen molar-refractivity contribution in [1.29, 1.82) is 0 Å². The Bertz CT molecular complexity index is 335. The van der Waals surface area contributed by atoms with E-state index < -0.39 is 0 Å². The number of methoxy groups -OCH3 is 1. The van der Waals surface area contributed by atoms with Crippen LogP contribution in [0.4, 0.5) is 0 Å². The van der Waals surface area contributed by atoms with Gasteiger partial charge in [0.25, 0.3) is 0 Å². The Morgan fingerprint density at radius 2 is 2.00 bits per heavy atom. The first-order chi connectivity index (χ1) is 11.5. The maximum absolute atomic E-state index is 12.1. The molecule has 5 nitrogen and oxygen atoms in total. The molecule has 0 aromatic heterocycles. The van der Waals surface area contributed by atoms with Gasteiger partial charge in [0.05, 0.1) is 6.10 Å². The molecule has 5 heteroatoms. The monoisotopic (exact) mass is 342 g/mol. The van der Waals surface area contributed by atoms with Crippen LogP contribution in [0, 0.1) is 5.92 Å². The largest absolute Gasteiger partial charge is 0.392 e. The van der Waals surface area contributed by atoms with Gasteiger partial charge in [-0.1, -0.05) is 45.8 Å². The molecule has 142 valence electrons. The van der Waals surface area contributed by atoms with Crippen LogP contribution in [0.3, 0.4) is 0 Å². The van der Waals surface area contributed by atoms with E-state index in [0.717, 1.165) is 38.5 Å². The number of amides is 1. The van der Waals surface area contributed by atoms with Crippen molar-refractivity contribution in [3.63, 3.8) is 0 Å². The Kier molecular flexibility index (Phi) is 15.0. The fourth-order valence-corrected chi connectivity index (χ4v) is 2.33. The lowest BCUT2D eigenvalue weighted by Gasteiger charge is -2.15. The number of aliphatic hydroxyl groups is 1. The lowest BCUT2D eigenvalue weighted by Crippen LogP contribution is -2.40. The van der Waals surface area contributed by atoms with E-state index in [-0.39, 0.29) is 18.1 Å². The van der Waals surface area contributed by atoms with Crippen molar-refractivity contribution in [2.24, 2.45) is 5.92 Å². The summed E-state index contributed by atoms with van der Waals surface area (Å²) < 4.78 is 5.29. The Labute approximate surface area is 148 Å². The average Bonchev–Trinajstić information content (AvgIpc) is 2.57. The fourth-order valence-electron chi connectivity index (χ4n) is 2.33. The molecule has 0 bridgehead atoms. The fraction of sp³-hybridized carbons (Fsp3) is 0.842. The summed E-state index contributed by atoms with van der Waals surface area (Å²) in [6.07, 6.45) is 9.34. The first-order valence-electron chi connectivity index (χ1n) is 9.41. The van der Waals surface area contributed by atoms with E-state index >= 15 is 0 Å². The molecular weight excluding hydrogens is 304 g/mol. The van der Waals surface area contributed by atoms with Crippen LogP contribution in [0.5, 0.6) is 0 Å². The minimum atomic E-state index is -0.382. The number of allylic oxidation sites excluding steroid dienone is 2. The van der Waals surface area contributed by atoms with Crippen LogP contribution in [0.2, 0.25) is 0 Å². The molecule has 3 atom stereocenters. The van der Waals surface area contributed by atoms with Gasteiger partial charge >= 0.3 is 0 Å². The van der Waals surface area contributed by atoms with Crippen LogP contribution >= 0.6 is 0 Å². The van der Waals surface area contributed by atoms with Gasteiger partial charge in [-0.15, -0.1) is 0 Å². The van der Waals surface area contributed by atoms with Gasteiger partial charge in [0.1, 0.15) is 6.10 Å². The zero-order valence-electron chi connectivity index (χ0n) is 16.0. The first kappa shape index (κ1) is 23.1. The highest BCUT2D eigenvalue weighted by atomic mass is 16.5. The lowest BCUT2D eigenvalue weighted by atomic mass is 10.1. The third-order valence-electron chi connectivity index (χ3n) is 4.13. The number of unbranched alkanes of at least 4 members (excludes halogenated alkanes) is 1. The molecule has 0 saturated heterocycles. The molecule has 0 aliphatic carbocycles. The summed E-state index contributed by atoms with van der Waals surface area (Å²) >= 11 is 0. The highest BCUT2D eigenvalue weighted by Gasteiger charge is 2.16. The maximum atomic E-state index is 12.1. The molecule has 0 fully saturated rings. The van der Waals surface area contributed by atoms with Crippen molar-refractivity contribution in [2.45, 2.75) is 71.5 Å². The number of rotatable bonds is 15. The number of aliphatic hydroxyl groups excluding tert-OH is 1. The summed E-state index contributed by atoms with van der Waals surface area (Å²) in [7, 11) is 1.58. The van der Waals surface area contributed by atoms with Crippen LogP contribution < -0.4 is 10.6 Å². The Hall–Kier alpha value is -0.910. The molecule has 0 aliphatic heterocycles. The number of hydrogen-bond acceptors (Lipinski definition) is 4. The minimum Gasteiger partial charge on any atom is -0.392 e. The predicted octanol–water partition coefficient (Wildman–Crippen LogP) is 2.64. The molecule has 1 amide bonds. The Morgan fingerprint density at radius 3 is 2.62 bits per heavy atom. The van der Waals surface area contributed by atoms with Crippen LogP contribution in [-0.2, 0) is 9.53 Å². The van der Waals surface area contributed by atoms with E-state index in [1.807, 2.05) is 0 Å². The van der Waals surface area contributed by atoms with Gasteiger partial charge in [-0.2, -0.15) is 0 Å². The van der Waals surface area contributed by atoms with Gasteiger partial charge in [0.2, 0.25) is 5.91 Å².